The van der Waals surface area contributed by atoms with Gasteiger partial charge in [0.05, 0.1) is 5.56 Å². The molecule has 2 aromatic heterocycles. The third kappa shape index (κ3) is 2.47. The molecule has 0 atom stereocenters. The van der Waals surface area contributed by atoms with Crippen LogP contribution in [0.4, 0.5) is 13.2 Å². The van der Waals surface area contributed by atoms with E-state index in [2.05, 4.69) is 4.98 Å². The Morgan fingerprint density at radius 1 is 1.09 bits per heavy atom. The van der Waals surface area contributed by atoms with Gasteiger partial charge in [-0.05, 0) is 36.9 Å². The molecule has 3 aromatic rings. The van der Waals surface area contributed by atoms with Gasteiger partial charge >= 0.3 is 6.18 Å². The number of pyridine rings is 1. The average Bonchev–Trinajstić information content (AvgIpc) is 2.86. The number of fused-ring (bicyclic) bond motifs is 1. The van der Waals surface area contributed by atoms with Crippen LogP contribution in [-0.2, 0) is 6.18 Å². The summed E-state index contributed by atoms with van der Waals surface area (Å²) in [5, 5.41) is 0.915. The molecule has 6 heteroatoms. The largest absolute Gasteiger partial charge is 0.416 e. The van der Waals surface area contributed by atoms with Crippen molar-refractivity contribution in [2.75, 3.05) is 6.26 Å². The number of rotatable bonds is 2. The molecule has 0 fully saturated rings. The second-order valence-electron chi connectivity index (χ2n) is 4.93. The Morgan fingerprint density at radius 3 is 2.36 bits per heavy atom. The number of benzene rings is 1. The first-order valence-electron chi connectivity index (χ1n) is 6.61. The predicted molar refractivity (Wildman–Crippen MR) is 82.1 cm³/mol. The highest BCUT2D eigenvalue weighted by molar-refractivity contribution is 7.98. The fourth-order valence-electron chi connectivity index (χ4n) is 2.38. The molecule has 0 N–H and O–H groups in total. The van der Waals surface area contributed by atoms with Gasteiger partial charge in [-0.3, -0.25) is 4.40 Å². The molecule has 114 valence electrons. The lowest BCUT2D eigenvalue weighted by molar-refractivity contribution is -0.137. The number of alkyl halides is 3. The summed E-state index contributed by atoms with van der Waals surface area (Å²) in [4.78, 5) is 4.61. The van der Waals surface area contributed by atoms with E-state index in [0.29, 0.717) is 11.3 Å². The summed E-state index contributed by atoms with van der Waals surface area (Å²) in [6, 6.07) is 9.02. The number of imidazole rings is 1. The second kappa shape index (κ2) is 5.35. The van der Waals surface area contributed by atoms with Crippen LogP contribution >= 0.6 is 11.8 Å². The molecule has 0 aliphatic heterocycles. The highest BCUT2D eigenvalue weighted by Gasteiger charge is 2.30. The SMILES string of the molecule is CSc1c(-c2ccc(C(F)(F)F)cc2)nc2c(C)cccn12. The first-order valence-corrected chi connectivity index (χ1v) is 7.83. The number of thioether (sulfide) groups is 1. The van der Waals surface area contributed by atoms with Crippen LogP contribution in [-0.4, -0.2) is 15.6 Å². The van der Waals surface area contributed by atoms with E-state index in [1.54, 1.807) is 0 Å². The number of hydrogen-bond acceptors (Lipinski definition) is 2. The summed E-state index contributed by atoms with van der Waals surface area (Å²) in [6.45, 7) is 1.96. The molecule has 0 amide bonds. The molecular formula is C16H13F3N2S. The van der Waals surface area contributed by atoms with Crippen LogP contribution in [0.3, 0.4) is 0 Å². The normalized spacial score (nSPS) is 12.0. The molecule has 0 saturated carbocycles. The first kappa shape index (κ1) is 15.0. The Hall–Kier alpha value is -1.95. The summed E-state index contributed by atoms with van der Waals surface area (Å²) in [6.07, 6.45) is -0.482. The molecule has 0 radical (unpaired) electrons. The van der Waals surface area contributed by atoms with Crippen LogP contribution in [0.5, 0.6) is 0 Å². The van der Waals surface area contributed by atoms with Gasteiger partial charge in [0.25, 0.3) is 0 Å². The summed E-state index contributed by atoms with van der Waals surface area (Å²) < 4.78 is 40.0. The Bertz CT molecular complexity index is 820. The van der Waals surface area contributed by atoms with Gasteiger partial charge in [-0.15, -0.1) is 11.8 Å². The molecule has 3 rings (SSSR count). The Balaban J connectivity index is 2.16. The van der Waals surface area contributed by atoms with Gasteiger partial charge in [-0.1, -0.05) is 18.2 Å². The monoisotopic (exact) mass is 322 g/mol. The molecule has 0 aliphatic rings. The number of aromatic nitrogens is 2. The third-order valence-corrected chi connectivity index (χ3v) is 4.26. The maximum Gasteiger partial charge on any atom is 0.416 e. The lowest BCUT2D eigenvalue weighted by atomic mass is 10.1. The van der Waals surface area contributed by atoms with Crippen molar-refractivity contribution in [2.45, 2.75) is 18.1 Å². The van der Waals surface area contributed by atoms with Crippen molar-refractivity contribution in [3.8, 4) is 11.3 Å². The maximum absolute atomic E-state index is 12.7. The molecule has 0 spiro atoms. The highest BCUT2D eigenvalue weighted by atomic mass is 32.2. The maximum atomic E-state index is 12.7. The highest BCUT2D eigenvalue weighted by Crippen LogP contribution is 2.34. The van der Waals surface area contributed by atoms with E-state index in [0.717, 1.165) is 28.4 Å². The van der Waals surface area contributed by atoms with Crippen molar-refractivity contribution in [3.63, 3.8) is 0 Å². The Kier molecular flexibility index (Phi) is 3.64. The summed E-state index contributed by atoms with van der Waals surface area (Å²) in [5.74, 6) is 0. The van der Waals surface area contributed by atoms with Crippen LogP contribution in [0.15, 0.2) is 47.6 Å². The van der Waals surface area contributed by atoms with Crippen LogP contribution < -0.4 is 0 Å². The molecule has 1 aromatic carbocycles. The average molecular weight is 322 g/mol. The van der Waals surface area contributed by atoms with E-state index in [1.165, 1.54) is 23.9 Å². The van der Waals surface area contributed by atoms with Crippen molar-refractivity contribution in [1.29, 1.82) is 0 Å². The van der Waals surface area contributed by atoms with Crippen molar-refractivity contribution in [1.82, 2.24) is 9.38 Å². The van der Waals surface area contributed by atoms with Crippen LogP contribution in [0.1, 0.15) is 11.1 Å². The van der Waals surface area contributed by atoms with Gasteiger partial charge in [-0.2, -0.15) is 13.2 Å². The van der Waals surface area contributed by atoms with E-state index < -0.39 is 11.7 Å². The number of aryl methyl sites for hydroxylation is 1. The minimum atomic E-state index is -4.32. The van der Waals surface area contributed by atoms with Crippen LogP contribution in [0.2, 0.25) is 0 Å². The summed E-state index contributed by atoms with van der Waals surface area (Å²) in [5.41, 5.74) is 2.58. The number of hydrogen-bond donors (Lipinski definition) is 0. The fourth-order valence-corrected chi connectivity index (χ4v) is 3.08. The summed E-state index contributed by atoms with van der Waals surface area (Å²) in [7, 11) is 0. The standard InChI is InChI=1S/C16H13F3N2S/c1-10-4-3-9-21-14(10)20-13(15(21)22-2)11-5-7-12(8-6-11)16(17,18)19/h3-9H,1-2H3. The molecule has 0 aliphatic carbocycles. The smallest absolute Gasteiger partial charge is 0.294 e. The van der Waals surface area contributed by atoms with Crippen molar-refractivity contribution in [2.24, 2.45) is 0 Å². The lowest BCUT2D eigenvalue weighted by Gasteiger charge is -2.07. The Labute approximate surface area is 130 Å². The van der Waals surface area contributed by atoms with Crippen LogP contribution in [0, 0.1) is 6.92 Å². The minimum absolute atomic E-state index is 0.651. The lowest BCUT2D eigenvalue weighted by Crippen LogP contribution is -2.04. The summed E-state index contributed by atoms with van der Waals surface area (Å²) >= 11 is 1.52. The first-order chi connectivity index (χ1) is 10.4. The van der Waals surface area contributed by atoms with Crippen molar-refractivity contribution < 1.29 is 13.2 Å². The van der Waals surface area contributed by atoms with Crippen molar-refractivity contribution in [3.05, 3.63) is 53.7 Å². The van der Waals surface area contributed by atoms with Crippen molar-refractivity contribution >= 4 is 17.4 Å². The van der Waals surface area contributed by atoms with Gasteiger partial charge in [-0.25, -0.2) is 4.98 Å². The zero-order chi connectivity index (χ0) is 15.9. The number of nitrogens with zero attached hydrogens (tertiary/aromatic N) is 2. The van der Waals surface area contributed by atoms with Crippen LogP contribution in [0.25, 0.3) is 16.9 Å². The third-order valence-electron chi connectivity index (χ3n) is 3.48. The van der Waals surface area contributed by atoms with Gasteiger partial charge < -0.3 is 0 Å². The van der Waals surface area contributed by atoms with Gasteiger partial charge in [0, 0.05) is 11.8 Å². The molecule has 2 heterocycles. The predicted octanol–water partition coefficient (Wildman–Crippen LogP) is 5.05. The number of halogens is 3. The van der Waals surface area contributed by atoms with Gasteiger partial charge in [0.15, 0.2) is 0 Å². The van der Waals surface area contributed by atoms with E-state index in [-0.39, 0.29) is 0 Å². The minimum Gasteiger partial charge on any atom is -0.294 e. The van der Waals surface area contributed by atoms with E-state index in [4.69, 9.17) is 0 Å². The zero-order valence-electron chi connectivity index (χ0n) is 12.0. The van der Waals surface area contributed by atoms with Gasteiger partial charge in [0.1, 0.15) is 16.4 Å². The second-order valence-corrected chi connectivity index (χ2v) is 5.72. The quantitative estimate of drug-likeness (QED) is 0.614. The molecule has 0 saturated heterocycles. The topological polar surface area (TPSA) is 17.3 Å². The van der Waals surface area contributed by atoms with E-state index in [9.17, 15) is 13.2 Å². The Morgan fingerprint density at radius 2 is 1.77 bits per heavy atom. The van der Waals surface area contributed by atoms with E-state index in [1.807, 2.05) is 35.9 Å². The molecule has 0 bridgehead atoms. The fraction of sp³-hybridized carbons (Fsp3) is 0.188. The molecule has 22 heavy (non-hydrogen) atoms. The molecule has 0 unspecified atom stereocenters. The zero-order valence-corrected chi connectivity index (χ0v) is 12.8. The van der Waals surface area contributed by atoms with Gasteiger partial charge in [0.2, 0.25) is 0 Å². The molecular weight excluding hydrogens is 309 g/mol. The molecule has 2 nitrogen and oxygen atoms in total. The van der Waals surface area contributed by atoms with E-state index >= 15 is 0 Å².